The van der Waals surface area contributed by atoms with Crippen LogP contribution in [0.2, 0.25) is 0 Å². The van der Waals surface area contributed by atoms with Crippen LogP contribution in [0.5, 0.6) is 11.5 Å². The molecule has 1 N–H and O–H groups in total. The fourth-order valence-corrected chi connectivity index (χ4v) is 5.53. The lowest BCUT2D eigenvalue weighted by Gasteiger charge is -2.40. The van der Waals surface area contributed by atoms with E-state index in [4.69, 9.17) is 23.9 Å². The van der Waals surface area contributed by atoms with E-state index in [0.717, 1.165) is 35.9 Å². The van der Waals surface area contributed by atoms with Crippen LogP contribution < -0.4 is 9.47 Å². The van der Waals surface area contributed by atoms with Gasteiger partial charge >= 0.3 is 12.1 Å². The molecule has 1 aromatic heterocycles. The van der Waals surface area contributed by atoms with E-state index in [9.17, 15) is 14.7 Å². The van der Waals surface area contributed by atoms with Gasteiger partial charge < -0.3 is 24.1 Å². The molecule has 1 aromatic carbocycles. The minimum Gasteiger partial charge on any atom is -0.497 e. The quantitative estimate of drug-likeness (QED) is 0.626. The van der Waals surface area contributed by atoms with Gasteiger partial charge in [-0.25, -0.2) is 14.6 Å². The topological polar surface area (TPSA) is 107 Å². The lowest BCUT2D eigenvalue weighted by molar-refractivity contribution is -0.145. The summed E-state index contributed by atoms with van der Waals surface area (Å²) < 4.78 is 22.8. The Morgan fingerprint density at radius 1 is 1.19 bits per heavy atom. The summed E-state index contributed by atoms with van der Waals surface area (Å²) in [5.74, 6) is 0.932. The van der Waals surface area contributed by atoms with Crippen molar-refractivity contribution >= 4 is 23.0 Å². The maximum absolute atomic E-state index is 13.1. The molecule has 0 bridgehead atoms. The van der Waals surface area contributed by atoms with Crippen LogP contribution in [0.4, 0.5) is 4.79 Å². The molecule has 1 amide bonds. The van der Waals surface area contributed by atoms with E-state index in [1.807, 2.05) is 18.2 Å². The predicted molar refractivity (Wildman–Crippen MR) is 131 cm³/mol. The van der Waals surface area contributed by atoms with Gasteiger partial charge in [-0.3, -0.25) is 4.90 Å². The van der Waals surface area contributed by atoms with Crippen molar-refractivity contribution in [1.82, 2.24) is 9.88 Å². The van der Waals surface area contributed by atoms with Gasteiger partial charge in [-0.05, 0) is 51.8 Å². The highest BCUT2D eigenvalue weighted by Gasteiger charge is 2.55. The van der Waals surface area contributed by atoms with E-state index < -0.39 is 35.4 Å². The Hall–Kier alpha value is -3.07. The van der Waals surface area contributed by atoms with Crippen molar-refractivity contribution in [3.05, 3.63) is 29.5 Å². The van der Waals surface area contributed by atoms with Crippen molar-refractivity contribution in [1.29, 1.82) is 0 Å². The highest BCUT2D eigenvalue weighted by molar-refractivity contribution is 5.87. The van der Waals surface area contributed by atoms with Crippen LogP contribution in [0.25, 0.3) is 10.9 Å². The number of amides is 1. The molecule has 194 valence electrons. The number of hydrogen-bond acceptors (Lipinski definition) is 8. The van der Waals surface area contributed by atoms with Gasteiger partial charge in [0, 0.05) is 29.7 Å². The van der Waals surface area contributed by atoms with E-state index in [1.54, 1.807) is 27.9 Å². The molecule has 3 aliphatic rings. The first-order valence-corrected chi connectivity index (χ1v) is 12.5. The first kappa shape index (κ1) is 24.6. The van der Waals surface area contributed by atoms with E-state index in [1.165, 1.54) is 12.0 Å². The van der Waals surface area contributed by atoms with Crippen LogP contribution in [-0.4, -0.2) is 65.1 Å². The van der Waals surface area contributed by atoms with Crippen molar-refractivity contribution in [3.8, 4) is 11.5 Å². The third-order valence-electron chi connectivity index (χ3n) is 7.42. The SMILES string of the molecule is COC(=O)[C@@H]1C[C@@]2(CC(O)c3c(c(C4CCC4)nc4ccc(OC)cc34)O2)CN1C(=O)OC(C)(C)C. The number of aliphatic hydroxyl groups is 1. The van der Waals surface area contributed by atoms with Crippen LogP contribution in [0.3, 0.4) is 0 Å². The summed E-state index contributed by atoms with van der Waals surface area (Å²) in [7, 11) is 2.90. The number of carbonyl (C=O) groups excluding carboxylic acids is 2. The first-order valence-electron chi connectivity index (χ1n) is 12.5. The molecule has 1 saturated heterocycles. The maximum Gasteiger partial charge on any atom is 0.411 e. The van der Waals surface area contributed by atoms with Crippen LogP contribution in [0.15, 0.2) is 18.2 Å². The second-order valence-electron chi connectivity index (χ2n) is 11.1. The summed E-state index contributed by atoms with van der Waals surface area (Å²) in [6, 6.07) is 4.76. The molecule has 1 spiro atoms. The summed E-state index contributed by atoms with van der Waals surface area (Å²) >= 11 is 0. The molecule has 3 heterocycles. The molecule has 3 atom stereocenters. The number of likely N-dealkylation sites (tertiary alicyclic amines) is 1. The Morgan fingerprint density at radius 2 is 1.94 bits per heavy atom. The number of carbonyl (C=O) groups is 2. The van der Waals surface area contributed by atoms with Crippen LogP contribution in [0, 0.1) is 0 Å². The van der Waals surface area contributed by atoms with E-state index in [-0.39, 0.29) is 25.3 Å². The Morgan fingerprint density at radius 3 is 2.56 bits per heavy atom. The monoisotopic (exact) mass is 498 g/mol. The fourth-order valence-electron chi connectivity index (χ4n) is 5.53. The molecular weight excluding hydrogens is 464 g/mol. The molecule has 1 unspecified atom stereocenters. The Bertz CT molecular complexity index is 1200. The fraction of sp³-hybridized carbons (Fsp3) is 0.593. The average molecular weight is 499 g/mol. The van der Waals surface area contributed by atoms with Gasteiger partial charge in [0.05, 0.1) is 38.1 Å². The highest BCUT2D eigenvalue weighted by atomic mass is 16.6. The smallest absolute Gasteiger partial charge is 0.411 e. The van der Waals surface area contributed by atoms with Crippen molar-refractivity contribution in [2.24, 2.45) is 0 Å². The van der Waals surface area contributed by atoms with Crippen LogP contribution in [-0.2, 0) is 14.3 Å². The third-order valence-corrected chi connectivity index (χ3v) is 7.42. The van der Waals surface area contributed by atoms with Gasteiger partial charge in [0.2, 0.25) is 0 Å². The number of rotatable bonds is 3. The zero-order valence-corrected chi connectivity index (χ0v) is 21.5. The van der Waals surface area contributed by atoms with Gasteiger partial charge in [0.1, 0.15) is 28.7 Å². The molecular formula is C27H34N2O7. The zero-order chi connectivity index (χ0) is 25.8. The van der Waals surface area contributed by atoms with Crippen LogP contribution in [0.1, 0.15) is 76.2 Å². The highest BCUT2D eigenvalue weighted by Crippen LogP contribution is 2.52. The predicted octanol–water partition coefficient (Wildman–Crippen LogP) is 4.25. The van der Waals surface area contributed by atoms with E-state index >= 15 is 0 Å². The normalized spacial score (nSPS) is 25.8. The van der Waals surface area contributed by atoms with Gasteiger partial charge in [-0.1, -0.05) is 6.42 Å². The summed E-state index contributed by atoms with van der Waals surface area (Å²) in [6.07, 6.45) is 2.04. The number of nitrogens with zero attached hydrogens (tertiary/aromatic N) is 2. The second-order valence-corrected chi connectivity index (χ2v) is 11.1. The molecule has 2 aliphatic heterocycles. The number of esters is 1. The molecule has 2 fully saturated rings. The average Bonchev–Trinajstić information content (AvgIpc) is 3.14. The number of hydrogen-bond donors (Lipinski definition) is 1. The maximum atomic E-state index is 13.1. The number of aromatic nitrogens is 1. The van der Waals surface area contributed by atoms with Gasteiger partial charge in [0.15, 0.2) is 0 Å². The van der Waals surface area contributed by atoms with Crippen LogP contribution >= 0.6 is 0 Å². The minimum absolute atomic E-state index is 0.0957. The summed E-state index contributed by atoms with van der Waals surface area (Å²) in [5, 5.41) is 12.3. The standard InChI is InChI=1S/C27H34N2O7/c1-26(2,3)36-25(32)29-14-27(12-19(29)24(31)34-5)13-20(30)21-17-11-16(33-4)9-10-18(17)28-22(23(21)35-27)15-7-6-8-15/h9-11,15,19-20,30H,6-8,12-14H2,1-5H3/t19-,20?,27+/m0/s1. The lowest BCUT2D eigenvalue weighted by Crippen LogP contribution is -2.46. The van der Waals surface area contributed by atoms with Crippen molar-refractivity contribution < 1.29 is 33.6 Å². The summed E-state index contributed by atoms with van der Waals surface area (Å²) in [5.41, 5.74) is 0.597. The van der Waals surface area contributed by atoms with Crippen molar-refractivity contribution in [3.63, 3.8) is 0 Å². The number of fused-ring (bicyclic) bond motifs is 3. The zero-order valence-electron chi connectivity index (χ0n) is 21.5. The molecule has 9 nitrogen and oxygen atoms in total. The summed E-state index contributed by atoms with van der Waals surface area (Å²) in [6.45, 7) is 5.42. The van der Waals surface area contributed by atoms with Gasteiger partial charge in [-0.2, -0.15) is 0 Å². The number of pyridine rings is 1. The molecule has 1 aliphatic carbocycles. The largest absolute Gasteiger partial charge is 0.497 e. The molecule has 0 radical (unpaired) electrons. The van der Waals surface area contributed by atoms with Gasteiger partial charge in [0.25, 0.3) is 0 Å². The second kappa shape index (κ2) is 8.80. The Kier molecular flexibility index (Phi) is 6.01. The molecule has 9 heteroatoms. The number of aliphatic hydroxyl groups excluding tert-OH is 1. The number of benzene rings is 1. The third kappa shape index (κ3) is 4.23. The minimum atomic E-state index is -0.977. The first-order chi connectivity index (χ1) is 17.0. The molecule has 36 heavy (non-hydrogen) atoms. The molecule has 1 saturated carbocycles. The van der Waals surface area contributed by atoms with Crippen molar-refractivity contribution in [2.75, 3.05) is 20.8 Å². The summed E-state index contributed by atoms with van der Waals surface area (Å²) in [4.78, 5) is 32.1. The molecule has 5 rings (SSSR count). The Labute approximate surface area is 210 Å². The van der Waals surface area contributed by atoms with Gasteiger partial charge in [-0.15, -0.1) is 0 Å². The number of methoxy groups -OCH3 is 2. The molecule has 2 aromatic rings. The lowest BCUT2D eigenvalue weighted by atomic mass is 9.79. The van der Waals surface area contributed by atoms with E-state index in [0.29, 0.717) is 17.1 Å². The van der Waals surface area contributed by atoms with Crippen molar-refractivity contribution in [2.45, 2.75) is 82.1 Å². The number of ether oxygens (including phenoxy) is 4. The Balaban J connectivity index is 1.58. The van der Waals surface area contributed by atoms with E-state index in [2.05, 4.69) is 0 Å².